The van der Waals surface area contributed by atoms with Crippen LogP contribution in [0, 0.1) is 0 Å². The molecule has 0 aliphatic carbocycles. The van der Waals surface area contributed by atoms with Crippen LogP contribution in [0.15, 0.2) is 18.2 Å². The number of rotatable bonds is 3. The number of carbonyl (C=O) groups excluding carboxylic acids is 1. The molecule has 0 bridgehead atoms. The molecule has 1 aromatic heterocycles. The molecule has 1 fully saturated rings. The Morgan fingerprint density at radius 1 is 1.50 bits per heavy atom. The van der Waals surface area contributed by atoms with Gasteiger partial charge in [0.05, 0.1) is 5.69 Å². The number of thioether (sulfide) groups is 1. The molecule has 6 heteroatoms. The summed E-state index contributed by atoms with van der Waals surface area (Å²) in [6.45, 7) is 0.720. The number of carbonyl (C=O) groups is 1. The molecular formula is C14H15ClN2OS2. The molecule has 2 heterocycles. The number of hydrogen-bond acceptors (Lipinski definition) is 4. The predicted molar refractivity (Wildman–Crippen MR) is 89.1 cm³/mol. The highest BCUT2D eigenvalue weighted by Crippen LogP contribution is 2.35. The Kier molecular flexibility index (Phi) is 4.10. The number of amides is 1. The van der Waals surface area contributed by atoms with E-state index in [0.717, 1.165) is 16.6 Å². The molecule has 3 N–H and O–H groups in total. The fourth-order valence-electron chi connectivity index (χ4n) is 2.35. The van der Waals surface area contributed by atoms with Crippen molar-refractivity contribution in [2.75, 3.05) is 18.0 Å². The van der Waals surface area contributed by atoms with E-state index in [1.807, 2.05) is 23.9 Å². The van der Waals surface area contributed by atoms with Crippen molar-refractivity contribution in [3.05, 3.63) is 28.1 Å². The van der Waals surface area contributed by atoms with Crippen LogP contribution in [0.1, 0.15) is 22.5 Å². The van der Waals surface area contributed by atoms with Crippen LogP contribution >= 0.6 is 34.7 Å². The van der Waals surface area contributed by atoms with E-state index in [1.165, 1.54) is 29.9 Å². The summed E-state index contributed by atoms with van der Waals surface area (Å²) in [6, 6.07) is 5.51. The number of hydrogen-bond donors (Lipinski definition) is 2. The summed E-state index contributed by atoms with van der Waals surface area (Å²) >= 11 is 9.30. The number of fused-ring (bicyclic) bond motifs is 1. The first kappa shape index (κ1) is 14.0. The number of benzene rings is 1. The highest BCUT2D eigenvalue weighted by molar-refractivity contribution is 8.00. The molecule has 20 heavy (non-hydrogen) atoms. The summed E-state index contributed by atoms with van der Waals surface area (Å²) in [5.41, 5.74) is 6.63. The van der Waals surface area contributed by atoms with E-state index < -0.39 is 0 Å². The van der Waals surface area contributed by atoms with Crippen LogP contribution < -0.4 is 11.1 Å². The van der Waals surface area contributed by atoms with Crippen molar-refractivity contribution in [3.63, 3.8) is 0 Å². The largest absolute Gasteiger partial charge is 0.397 e. The summed E-state index contributed by atoms with van der Waals surface area (Å²) < 4.78 is 0.954. The van der Waals surface area contributed by atoms with Gasteiger partial charge >= 0.3 is 0 Å². The number of halogens is 1. The lowest BCUT2D eigenvalue weighted by Gasteiger charge is -2.09. The second-order valence-electron chi connectivity index (χ2n) is 4.83. The molecule has 1 amide bonds. The van der Waals surface area contributed by atoms with Gasteiger partial charge in [-0.1, -0.05) is 11.6 Å². The van der Waals surface area contributed by atoms with Crippen LogP contribution in [0.2, 0.25) is 5.02 Å². The maximum absolute atomic E-state index is 12.3. The van der Waals surface area contributed by atoms with Crippen LogP contribution in [0.4, 0.5) is 5.69 Å². The number of anilines is 1. The van der Waals surface area contributed by atoms with E-state index in [-0.39, 0.29) is 5.91 Å². The average molecular weight is 327 g/mol. The minimum atomic E-state index is -0.0766. The number of nitrogens with one attached hydrogen (secondary N) is 1. The minimum absolute atomic E-state index is 0.0766. The SMILES string of the molecule is Nc1c(C(=O)NCC2CCCS2)sc2cc(Cl)ccc12. The molecule has 106 valence electrons. The Bertz CT molecular complexity index is 650. The van der Waals surface area contributed by atoms with Crippen molar-refractivity contribution in [2.24, 2.45) is 0 Å². The van der Waals surface area contributed by atoms with Gasteiger partial charge in [0.25, 0.3) is 5.91 Å². The fraction of sp³-hybridized carbons (Fsp3) is 0.357. The molecule has 0 saturated carbocycles. The summed E-state index contributed by atoms with van der Waals surface area (Å²) in [5.74, 6) is 1.12. The van der Waals surface area contributed by atoms with Crippen LogP contribution in [0.3, 0.4) is 0 Å². The van der Waals surface area contributed by atoms with Crippen molar-refractivity contribution < 1.29 is 4.79 Å². The third-order valence-electron chi connectivity index (χ3n) is 3.41. The maximum atomic E-state index is 12.3. The quantitative estimate of drug-likeness (QED) is 0.903. The first-order valence-corrected chi connectivity index (χ1v) is 8.77. The van der Waals surface area contributed by atoms with Crippen LogP contribution in [0.5, 0.6) is 0 Å². The zero-order chi connectivity index (χ0) is 14.1. The molecule has 0 spiro atoms. The molecule has 1 aliphatic rings. The lowest BCUT2D eigenvalue weighted by molar-refractivity contribution is 0.0958. The van der Waals surface area contributed by atoms with Crippen LogP contribution in [0.25, 0.3) is 10.1 Å². The molecule has 2 aromatic rings. The van der Waals surface area contributed by atoms with Gasteiger partial charge in [0.1, 0.15) is 4.88 Å². The van der Waals surface area contributed by atoms with Gasteiger partial charge in [-0.15, -0.1) is 11.3 Å². The maximum Gasteiger partial charge on any atom is 0.263 e. The van der Waals surface area contributed by atoms with Gasteiger partial charge in [0.15, 0.2) is 0 Å². The third-order valence-corrected chi connectivity index (χ3v) is 6.21. The van der Waals surface area contributed by atoms with E-state index in [0.29, 0.717) is 20.8 Å². The second-order valence-corrected chi connectivity index (χ2v) is 7.73. The van der Waals surface area contributed by atoms with Crippen LogP contribution in [-0.2, 0) is 0 Å². The molecule has 3 nitrogen and oxygen atoms in total. The number of nitrogens with two attached hydrogens (primary N) is 1. The Morgan fingerprint density at radius 3 is 3.10 bits per heavy atom. The van der Waals surface area contributed by atoms with E-state index in [4.69, 9.17) is 17.3 Å². The summed E-state index contributed by atoms with van der Waals surface area (Å²) in [7, 11) is 0. The third kappa shape index (κ3) is 2.75. The van der Waals surface area contributed by atoms with Crippen LogP contribution in [-0.4, -0.2) is 23.5 Å². The number of thiophene rings is 1. The Balaban J connectivity index is 1.78. The Hall–Kier alpha value is -0.910. The summed E-state index contributed by atoms with van der Waals surface area (Å²) in [6.07, 6.45) is 2.43. The Labute approximate surface area is 130 Å². The summed E-state index contributed by atoms with van der Waals surface area (Å²) in [4.78, 5) is 12.8. The van der Waals surface area contributed by atoms with Gasteiger partial charge in [-0.3, -0.25) is 4.79 Å². The van der Waals surface area contributed by atoms with E-state index in [2.05, 4.69) is 5.32 Å². The van der Waals surface area contributed by atoms with Gasteiger partial charge in [-0.2, -0.15) is 11.8 Å². The molecule has 1 aromatic carbocycles. The van der Waals surface area contributed by atoms with Gasteiger partial charge in [-0.05, 0) is 36.8 Å². The van der Waals surface area contributed by atoms with Gasteiger partial charge in [0, 0.05) is 26.9 Å². The smallest absolute Gasteiger partial charge is 0.263 e. The monoisotopic (exact) mass is 326 g/mol. The van der Waals surface area contributed by atoms with E-state index >= 15 is 0 Å². The normalized spacial score (nSPS) is 18.6. The summed E-state index contributed by atoms with van der Waals surface area (Å²) in [5, 5.41) is 5.10. The lowest BCUT2D eigenvalue weighted by Crippen LogP contribution is -2.29. The minimum Gasteiger partial charge on any atom is -0.397 e. The lowest BCUT2D eigenvalue weighted by atomic mass is 10.2. The molecular weight excluding hydrogens is 312 g/mol. The number of nitrogen functional groups attached to an aromatic ring is 1. The van der Waals surface area contributed by atoms with E-state index in [9.17, 15) is 4.79 Å². The van der Waals surface area contributed by atoms with Crippen molar-refractivity contribution in [1.82, 2.24) is 5.32 Å². The van der Waals surface area contributed by atoms with Gasteiger partial charge in [-0.25, -0.2) is 0 Å². The standard InChI is InChI=1S/C14H15ClN2OS2/c15-8-3-4-10-11(6-8)20-13(12(10)16)14(18)17-7-9-2-1-5-19-9/h3-4,6,9H,1-2,5,7,16H2,(H,17,18). The first-order valence-electron chi connectivity index (χ1n) is 6.52. The molecule has 1 atom stereocenters. The molecule has 0 radical (unpaired) electrons. The van der Waals surface area contributed by atoms with Gasteiger partial charge in [0.2, 0.25) is 0 Å². The van der Waals surface area contributed by atoms with Gasteiger partial charge < -0.3 is 11.1 Å². The van der Waals surface area contributed by atoms with E-state index in [1.54, 1.807) is 6.07 Å². The van der Waals surface area contributed by atoms with Crippen molar-refractivity contribution in [2.45, 2.75) is 18.1 Å². The van der Waals surface area contributed by atoms with Crippen molar-refractivity contribution >= 4 is 56.4 Å². The molecule has 1 unspecified atom stereocenters. The van der Waals surface area contributed by atoms with Crippen molar-refractivity contribution in [1.29, 1.82) is 0 Å². The topological polar surface area (TPSA) is 55.1 Å². The average Bonchev–Trinajstić information content (AvgIpc) is 3.04. The predicted octanol–water partition coefficient (Wildman–Crippen LogP) is 3.76. The molecule has 1 aliphatic heterocycles. The Morgan fingerprint density at radius 2 is 2.35 bits per heavy atom. The fourth-order valence-corrected chi connectivity index (χ4v) is 4.87. The highest BCUT2D eigenvalue weighted by Gasteiger charge is 2.20. The zero-order valence-electron chi connectivity index (χ0n) is 10.8. The van der Waals surface area contributed by atoms with Crippen molar-refractivity contribution in [3.8, 4) is 0 Å². The zero-order valence-corrected chi connectivity index (χ0v) is 13.2. The molecule has 1 saturated heterocycles. The first-order chi connectivity index (χ1) is 9.65. The molecule has 3 rings (SSSR count). The highest BCUT2D eigenvalue weighted by atomic mass is 35.5. The second kappa shape index (κ2) is 5.84.